The van der Waals surface area contributed by atoms with Crippen molar-refractivity contribution in [2.45, 2.75) is 58.1 Å². The van der Waals surface area contributed by atoms with Gasteiger partial charge >= 0.3 is 5.97 Å². The predicted molar refractivity (Wildman–Crippen MR) is 160 cm³/mol. The van der Waals surface area contributed by atoms with Crippen LogP contribution in [-0.4, -0.2) is 28.6 Å². The number of fused-ring (bicyclic) bond motifs is 1. The highest BCUT2D eigenvalue weighted by Crippen LogP contribution is 2.34. The molecule has 41 heavy (non-hydrogen) atoms. The first-order valence-corrected chi connectivity index (χ1v) is 14.7. The number of esters is 1. The minimum absolute atomic E-state index is 0.0939. The minimum Gasteiger partial charge on any atom is -0.598 e. The zero-order valence-corrected chi connectivity index (χ0v) is 24.7. The molecule has 3 aromatic carbocycles. The minimum atomic E-state index is -1.43. The quantitative estimate of drug-likeness (QED) is 0.149. The van der Waals surface area contributed by atoms with Crippen LogP contribution in [0.2, 0.25) is 0 Å². The molecule has 7 nitrogen and oxygen atoms in total. The van der Waals surface area contributed by atoms with Crippen molar-refractivity contribution < 1.29 is 27.6 Å². The smallest absolute Gasteiger partial charge is 0.310 e. The number of nitrogens with one attached hydrogen (secondary N) is 1. The van der Waals surface area contributed by atoms with Gasteiger partial charge in [-0.3, -0.25) is 4.79 Å². The first kappa shape index (κ1) is 30.6. The van der Waals surface area contributed by atoms with E-state index in [0.29, 0.717) is 30.0 Å². The van der Waals surface area contributed by atoms with E-state index in [0.717, 1.165) is 33.2 Å². The Bertz CT molecular complexity index is 1480. The van der Waals surface area contributed by atoms with Gasteiger partial charge in [-0.2, -0.15) is 0 Å². The maximum Gasteiger partial charge on any atom is 0.310 e. The second-order valence-corrected chi connectivity index (χ2v) is 12.7. The number of carbonyl (C=O) groups is 1. The van der Waals surface area contributed by atoms with E-state index in [4.69, 9.17) is 19.6 Å². The van der Waals surface area contributed by atoms with Gasteiger partial charge < -0.3 is 24.2 Å². The molecule has 0 aliphatic rings. The van der Waals surface area contributed by atoms with Gasteiger partial charge in [-0.05, 0) is 80.3 Å². The summed E-state index contributed by atoms with van der Waals surface area (Å²) >= 11 is -1.43. The van der Waals surface area contributed by atoms with Gasteiger partial charge in [-0.1, -0.05) is 30.3 Å². The van der Waals surface area contributed by atoms with Crippen molar-refractivity contribution in [1.29, 1.82) is 0 Å². The van der Waals surface area contributed by atoms with Crippen molar-refractivity contribution in [2.75, 3.05) is 13.3 Å². The lowest BCUT2D eigenvalue weighted by Gasteiger charge is -2.27. The summed E-state index contributed by atoms with van der Waals surface area (Å²) < 4.78 is 46.3. The molecule has 0 radical (unpaired) electrons. The van der Waals surface area contributed by atoms with E-state index in [1.807, 2.05) is 81.4 Å². The van der Waals surface area contributed by atoms with Crippen molar-refractivity contribution in [3.63, 3.8) is 0 Å². The molecule has 0 spiro atoms. The van der Waals surface area contributed by atoms with Gasteiger partial charge in [0, 0.05) is 34.4 Å². The van der Waals surface area contributed by atoms with Crippen LogP contribution in [0.1, 0.15) is 56.0 Å². The summed E-state index contributed by atoms with van der Waals surface area (Å²) in [5.74, 6) is 0.243. The van der Waals surface area contributed by atoms with Crippen molar-refractivity contribution in [2.24, 2.45) is 5.73 Å². The Morgan fingerprint density at radius 3 is 2.63 bits per heavy atom. The molecule has 218 valence electrons. The van der Waals surface area contributed by atoms with Gasteiger partial charge in [0.05, 0.1) is 19.3 Å². The highest BCUT2D eigenvalue weighted by Gasteiger charge is 2.30. The molecule has 1 unspecified atom stereocenters. The molecule has 0 aliphatic carbocycles. The molecule has 4 aromatic rings. The fraction of sp³-hybridized carbons (Fsp3) is 0.344. The highest BCUT2D eigenvalue weighted by atomic mass is 32.2. The second-order valence-electron chi connectivity index (χ2n) is 10.7. The molecule has 1 heterocycles. The van der Waals surface area contributed by atoms with Gasteiger partial charge in [-0.25, -0.2) is 4.39 Å². The highest BCUT2D eigenvalue weighted by molar-refractivity contribution is 7.90. The van der Waals surface area contributed by atoms with Crippen LogP contribution in [0.4, 0.5) is 4.39 Å². The largest absolute Gasteiger partial charge is 0.598 e. The Kier molecular flexibility index (Phi) is 10.1. The zero-order chi connectivity index (χ0) is 29.6. The molecule has 0 aliphatic heterocycles. The van der Waals surface area contributed by atoms with Crippen LogP contribution >= 0.6 is 0 Å². The number of ether oxygens (including phenoxy) is 2. The van der Waals surface area contributed by atoms with E-state index >= 15 is 0 Å². The third-order valence-electron chi connectivity index (χ3n) is 6.57. The maximum atomic E-state index is 14.1. The number of nitrogens with two attached hydrogens (primary N) is 1. The van der Waals surface area contributed by atoms with Crippen LogP contribution in [0.25, 0.3) is 22.1 Å². The van der Waals surface area contributed by atoms with Crippen LogP contribution in [0, 0.1) is 0 Å². The lowest BCUT2D eigenvalue weighted by atomic mass is 9.97. The average molecular weight is 581 g/mol. The van der Waals surface area contributed by atoms with E-state index in [2.05, 4.69) is 4.72 Å². The summed E-state index contributed by atoms with van der Waals surface area (Å²) in [4.78, 5) is 12.2. The van der Waals surface area contributed by atoms with Crippen LogP contribution in [-0.2, 0) is 40.5 Å². The lowest BCUT2D eigenvalue weighted by Crippen LogP contribution is -2.41. The topological polar surface area (TPSA) is 110 Å². The standard InChI is InChI=1S/C32H37FN2O5S/c1-5-38-30(36)17-25-10-9-21(19-34)15-29(25)40-20-22-13-26-11-12-39-31(26)27(14-22)23-7-6-8-24(16-23)28(18-33)35-41(37)32(2,3)4/h6-16,28,35H,5,17-20,34H2,1-4H3/t28?,41-/m1/s1. The van der Waals surface area contributed by atoms with Crippen molar-refractivity contribution in [3.05, 3.63) is 89.2 Å². The van der Waals surface area contributed by atoms with E-state index < -0.39 is 28.8 Å². The number of halogens is 1. The number of hydrogen-bond acceptors (Lipinski definition) is 7. The number of benzene rings is 3. The molecule has 1 aromatic heterocycles. The van der Waals surface area contributed by atoms with Gasteiger partial charge in [-0.15, -0.1) is 4.72 Å². The Morgan fingerprint density at radius 2 is 1.93 bits per heavy atom. The molecular weight excluding hydrogens is 543 g/mol. The molecule has 4 rings (SSSR count). The monoisotopic (exact) mass is 580 g/mol. The number of alkyl halides is 1. The molecule has 2 atom stereocenters. The predicted octanol–water partition coefficient (Wildman–Crippen LogP) is 6.31. The van der Waals surface area contributed by atoms with Gasteiger partial charge in [0.15, 0.2) is 0 Å². The molecular formula is C32H37FN2O5S. The molecule has 0 saturated heterocycles. The van der Waals surface area contributed by atoms with E-state index in [1.165, 1.54) is 0 Å². The number of carbonyl (C=O) groups excluding carboxylic acids is 1. The number of hydrogen-bond donors (Lipinski definition) is 2. The number of furan rings is 1. The first-order chi connectivity index (χ1) is 19.6. The van der Waals surface area contributed by atoms with E-state index in [9.17, 15) is 13.7 Å². The SMILES string of the molecule is CCOC(=O)Cc1ccc(CN)cc1OCc1cc(-c2cccc(C(CF)N[S@+]([O-])C(C)(C)C)c2)c2occc2c1. The van der Waals surface area contributed by atoms with Gasteiger partial charge in [0.2, 0.25) is 0 Å². The Morgan fingerprint density at radius 1 is 1.12 bits per heavy atom. The lowest BCUT2D eigenvalue weighted by molar-refractivity contribution is -0.142. The molecule has 0 fully saturated rings. The summed E-state index contributed by atoms with van der Waals surface area (Å²) in [6.45, 7) is 7.48. The molecule has 9 heteroatoms. The average Bonchev–Trinajstić information content (AvgIpc) is 3.43. The summed E-state index contributed by atoms with van der Waals surface area (Å²) in [6, 6.07) is 18.2. The van der Waals surface area contributed by atoms with Crippen LogP contribution in [0.3, 0.4) is 0 Å². The van der Waals surface area contributed by atoms with E-state index in [1.54, 1.807) is 13.2 Å². The number of rotatable bonds is 12. The van der Waals surface area contributed by atoms with Crippen LogP contribution < -0.4 is 15.2 Å². The zero-order valence-electron chi connectivity index (χ0n) is 23.9. The van der Waals surface area contributed by atoms with Crippen LogP contribution in [0.15, 0.2) is 71.3 Å². The third-order valence-corrected chi connectivity index (χ3v) is 8.18. The Balaban J connectivity index is 1.63. The molecule has 0 bridgehead atoms. The maximum absolute atomic E-state index is 14.1. The summed E-state index contributed by atoms with van der Waals surface area (Å²) in [6.07, 6.45) is 1.72. The first-order valence-electron chi connectivity index (χ1n) is 13.6. The molecule has 0 amide bonds. The fourth-order valence-corrected chi connectivity index (χ4v) is 5.21. The van der Waals surface area contributed by atoms with Crippen molar-refractivity contribution >= 4 is 28.3 Å². The summed E-state index contributed by atoms with van der Waals surface area (Å²) in [5, 5.41) is 0.892. The third kappa shape index (κ3) is 7.68. The van der Waals surface area contributed by atoms with E-state index in [-0.39, 0.29) is 19.0 Å². The fourth-order valence-electron chi connectivity index (χ4n) is 4.39. The summed E-state index contributed by atoms with van der Waals surface area (Å²) in [7, 11) is 0. The summed E-state index contributed by atoms with van der Waals surface area (Å²) in [5.41, 5.74) is 11.4. The van der Waals surface area contributed by atoms with Gasteiger partial charge in [0.25, 0.3) is 0 Å². The normalized spacial score (nSPS) is 13.2. The van der Waals surface area contributed by atoms with Gasteiger partial charge in [0.1, 0.15) is 35.4 Å². The second kappa shape index (κ2) is 13.5. The molecule has 3 N–H and O–H groups in total. The van der Waals surface area contributed by atoms with Crippen molar-refractivity contribution in [3.8, 4) is 16.9 Å². The Labute approximate surface area is 243 Å². The molecule has 0 saturated carbocycles. The Hall–Kier alpha value is -3.37. The van der Waals surface area contributed by atoms with Crippen LogP contribution in [0.5, 0.6) is 5.75 Å². The van der Waals surface area contributed by atoms with Crippen molar-refractivity contribution in [1.82, 2.24) is 4.72 Å².